The molecule has 1 N–H and O–H groups in total. The van der Waals surface area contributed by atoms with E-state index in [4.69, 9.17) is 0 Å². The van der Waals surface area contributed by atoms with Gasteiger partial charge in [-0.2, -0.15) is 13.2 Å². The van der Waals surface area contributed by atoms with Gasteiger partial charge in [-0.05, 0) is 72.6 Å². The lowest BCUT2D eigenvalue weighted by molar-refractivity contribution is -0.0328. The van der Waals surface area contributed by atoms with Gasteiger partial charge >= 0.3 is 5.51 Å². The Morgan fingerprint density at radius 1 is 1.10 bits per heavy atom. The summed E-state index contributed by atoms with van der Waals surface area (Å²) in [5.41, 5.74) is 0.144. The first kappa shape index (κ1) is 20.5. The lowest BCUT2D eigenvalue weighted by Crippen LogP contribution is -2.32. The van der Waals surface area contributed by atoms with Crippen LogP contribution in [-0.2, 0) is 6.54 Å². The smallest absolute Gasteiger partial charge is 0.388 e. The van der Waals surface area contributed by atoms with E-state index in [2.05, 4.69) is 32.2 Å². The number of rotatable bonds is 5. The minimum Gasteiger partial charge on any atom is -0.388 e. The fourth-order valence-corrected chi connectivity index (χ4v) is 5.09. The first-order valence-electron chi connectivity index (χ1n) is 10.3. The van der Waals surface area contributed by atoms with Crippen LogP contribution in [-0.4, -0.2) is 41.2 Å². The summed E-state index contributed by atoms with van der Waals surface area (Å²) in [4.78, 5) is 9.52. The van der Waals surface area contributed by atoms with Crippen molar-refractivity contribution in [1.82, 2.24) is 9.88 Å². The zero-order chi connectivity index (χ0) is 21.6. The van der Waals surface area contributed by atoms with Crippen molar-refractivity contribution in [3.63, 3.8) is 0 Å². The van der Waals surface area contributed by atoms with Gasteiger partial charge in [0.05, 0.1) is 12.2 Å². The highest BCUT2D eigenvalue weighted by Gasteiger charge is 2.53. The Labute approximate surface area is 183 Å². The third-order valence-electron chi connectivity index (χ3n) is 6.24. The number of hydrogen-bond acceptors (Lipinski definition) is 5. The largest absolute Gasteiger partial charge is 0.446 e. The molecule has 1 spiro atoms. The SMILES string of the molecule is CNc1cccc2nccc(CN3CN(c4ccc(SC(F)(F)F)cc4)CC34CC4)c12. The third kappa shape index (κ3) is 4.06. The van der Waals surface area contributed by atoms with Crippen LogP contribution in [0.1, 0.15) is 18.4 Å². The second kappa shape index (κ2) is 7.60. The van der Waals surface area contributed by atoms with Gasteiger partial charge in [-0.3, -0.25) is 9.88 Å². The molecule has 8 heteroatoms. The van der Waals surface area contributed by atoms with E-state index in [-0.39, 0.29) is 22.2 Å². The molecule has 0 atom stereocenters. The quantitative estimate of drug-likeness (QED) is 0.510. The molecular formula is C23H23F3N4S. The van der Waals surface area contributed by atoms with Crippen LogP contribution in [0.3, 0.4) is 0 Å². The Bertz CT molecular complexity index is 1090. The molecule has 5 rings (SSSR count). The van der Waals surface area contributed by atoms with E-state index in [1.54, 1.807) is 24.3 Å². The summed E-state index contributed by atoms with van der Waals surface area (Å²) < 4.78 is 37.8. The van der Waals surface area contributed by atoms with Crippen molar-refractivity contribution in [3.8, 4) is 0 Å². The van der Waals surface area contributed by atoms with Crippen molar-refractivity contribution in [2.24, 2.45) is 0 Å². The van der Waals surface area contributed by atoms with Crippen LogP contribution in [0.15, 0.2) is 59.6 Å². The van der Waals surface area contributed by atoms with Gasteiger partial charge in [0.1, 0.15) is 0 Å². The highest BCUT2D eigenvalue weighted by atomic mass is 32.2. The molecule has 0 unspecified atom stereocenters. The number of anilines is 2. The zero-order valence-corrected chi connectivity index (χ0v) is 17.9. The number of nitrogens with zero attached hydrogens (tertiary/aromatic N) is 3. The summed E-state index contributed by atoms with van der Waals surface area (Å²) >= 11 is -0.0698. The maximum atomic E-state index is 12.6. The van der Waals surface area contributed by atoms with Crippen LogP contribution in [0.25, 0.3) is 10.9 Å². The Morgan fingerprint density at radius 2 is 1.87 bits per heavy atom. The molecule has 2 aliphatic rings. The molecule has 1 aliphatic heterocycles. The highest BCUT2D eigenvalue weighted by molar-refractivity contribution is 8.00. The van der Waals surface area contributed by atoms with Gasteiger partial charge in [0.25, 0.3) is 0 Å². The first-order chi connectivity index (χ1) is 14.9. The summed E-state index contributed by atoms with van der Waals surface area (Å²) in [6.45, 7) is 2.48. The van der Waals surface area contributed by atoms with Crippen molar-refractivity contribution in [1.29, 1.82) is 0 Å². The second-order valence-corrected chi connectivity index (χ2v) is 9.36. The van der Waals surface area contributed by atoms with E-state index in [1.165, 1.54) is 5.56 Å². The Kier molecular flexibility index (Phi) is 5.01. The predicted molar refractivity (Wildman–Crippen MR) is 119 cm³/mol. The molecule has 2 fully saturated rings. The van der Waals surface area contributed by atoms with Crippen molar-refractivity contribution in [3.05, 3.63) is 60.3 Å². The number of nitrogens with one attached hydrogen (secondary N) is 1. The maximum Gasteiger partial charge on any atom is 0.446 e. The minimum absolute atomic E-state index is 0.0698. The van der Waals surface area contributed by atoms with E-state index in [0.717, 1.165) is 54.9 Å². The molecule has 1 aliphatic carbocycles. The molecule has 0 bridgehead atoms. The Balaban J connectivity index is 1.37. The van der Waals surface area contributed by atoms with E-state index in [0.29, 0.717) is 0 Å². The Morgan fingerprint density at radius 3 is 2.55 bits per heavy atom. The van der Waals surface area contributed by atoms with Crippen LogP contribution >= 0.6 is 11.8 Å². The van der Waals surface area contributed by atoms with E-state index in [9.17, 15) is 13.2 Å². The number of aromatic nitrogens is 1. The summed E-state index contributed by atoms with van der Waals surface area (Å²) in [7, 11) is 1.92. The number of pyridine rings is 1. The number of fused-ring (bicyclic) bond motifs is 1. The average molecular weight is 445 g/mol. The van der Waals surface area contributed by atoms with Crippen molar-refractivity contribution < 1.29 is 13.2 Å². The van der Waals surface area contributed by atoms with Crippen molar-refractivity contribution in [2.45, 2.75) is 35.3 Å². The molecule has 1 saturated heterocycles. The summed E-state index contributed by atoms with van der Waals surface area (Å²) in [5, 5.41) is 4.43. The molecule has 2 aromatic carbocycles. The number of alkyl halides is 3. The monoisotopic (exact) mass is 444 g/mol. The van der Waals surface area contributed by atoms with Crippen LogP contribution in [0.4, 0.5) is 24.5 Å². The standard InChI is InChI=1S/C23H23F3N4S/c1-27-19-3-2-4-20-21(19)16(9-12-28-20)13-30-15-29(14-22(30)10-11-22)17-5-7-18(8-6-17)31-23(24,25)26/h2-9,12,27H,10-11,13-15H2,1H3. The molecule has 0 radical (unpaired) electrons. The molecule has 4 nitrogen and oxygen atoms in total. The van der Waals surface area contributed by atoms with Gasteiger partial charge < -0.3 is 10.2 Å². The van der Waals surface area contributed by atoms with Gasteiger partial charge in [0, 0.05) is 53.5 Å². The highest BCUT2D eigenvalue weighted by Crippen LogP contribution is 2.48. The van der Waals surface area contributed by atoms with E-state index in [1.807, 2.05) is 25.4 Å². The molecular weight excluding hydrogens is 421 g/mol. The summed E-state index contributed by atoms with van der Waals surface area (Å²) in [6.07, 6.45) is 4.16. The molecule has 3 aromatic rings. The van der Waals surface area contributed by atoms with Crippen LogP contribution in [0, 0.1) is 0 Å². The van der Waals surface area contributed by atoms with Crippen LogP contribution in [0.2, 0.25) is 0 Å². The molecule has 162 valence electrons. The van der Waals surface area contributed by atoms with Gasteiger partial charge in [-0.15, -0.1) is 0 Å². The lowest BCUT2D eigenvalue weighted by Gasteiger charge is -2.24. The number of thioether (sulfide) groups is 1. The molecule has 1 aromatic heterocycles. The molecule has 2 heterocycles. The second-order valence-electron chi connectivity index (χ2n) is 8.22. The predicted octanol–water partition coefficient (Wildman–Crippen LogP) is 5.70. The maximum absolute atomic E-state index is 12.6. The average Bonchev–Trinajstić information content (AvgIpc) is 3.43. The van der Waals surface area contributed by atoms with E-state index >= 15 is 0 Å². The molecule has 31 heavy (non-hydrogen) atoms. The van der Waals surface area contributed by atoms with Crippen LogP contribution < -0.4 is 10.2 Å². The van der Waals surface area contributed by atoms with Crippen molar-refractivity contribution >= 4 is 34.0 Å². The fourth-order valence-electron chi connectivity index (χ4n) is 4.55. The number of benzene rings is 2. The minimum atomic E-state index is -4.26. The third-order valence-corrected chi connectivity index (χ3v) is 6.98. The van der Waals surface area contributed by atoms with Gasteiger partial charge in [-0.25, -0.2) is 0 Å². The topological polar surface area (TPSA) is 31.4 Å². The van der Waals surface area contributed by atoms with Gasteiger partial charge in [0.15, 0.2) is 0 Å². The summed E-state index contributed by atoms with van der Waals surface area (Å²) in [6, 6.07) is 14.9. The zero-order valence-electron chi connectivity index (χ0n) is 17.1. The number of halogens is 3. The fraction of sp³-hybridized carbons (Fsp3) is 0.348. The molecule has 1 saturated carbocycles. The van der Waals surface area contributed by atoms with E-state index < -0.39 is 5.51 Å². The van der Waals surface area contributed by atoms with Crippen LogP contribution in [0.5, 0.6) is 0 Å². The lowest BCUT2D eigenvalue weighted by atomic mass is 10.1. The normalized spacial score (nSPS) is 18.1. The first-order valence-corrected chi connectivity index (χ1v) is 11.1. The molecule has 0 amide bonds. The van der Waals surface area contributed by atoms with Gasteiger partial charge in [-0.1, -0.05) is 6.07 Å². The van der Waals surface area contributed by atoms with Gasteiger partial charge in [0.2, 0.25) is 0 Å². The summed E-state index contributed by atoms with van der Waals surface area (Å²) in [5.74, 6) is 0. The Hall–Kier alpha value is -2.45. The number of hydrogen-bond donors (Lipinski definition) is 1. The van der Waals surface area contributed by atoms with Crippen molar-refractivity contribution in [2.75, 3.05) is 30.5 Å².